The molecule has 3 aromatic rings. The van der Waals surface area contributed by atoms with Crippen molar-refractivity contribution < 1.29 is 9.59 Å². The highest BCUT2D eigenvalue weighted by atomic mass is 16.2. The molecule has 0 spiro atoms. The second-order valence-corrected chi connectivity index (χ2v) is 8.17. The molecule has 3 amide bonds. The van der Waals surface area contributed by atoms with Crippen LogP contribution in [-0.4, -0.2) is 31.1 Å². The van der Waals surface area contributed by atoms with Crippen LogP contribution in [0.4, 0.5) is 10.5 Å². The summed E-state index contributed by atoms with van der Waals surface area (Å²) in [5, 5.41) is 12.0. The Balaban J connectivity index is 1.58. The molecule has 172 valence electrons. The Bertz CT molecular complexity index is 1010. The summed E-state index contributed by atoms with van der Waals surface area (Å²) in [7, 11) is 0. The molecule has 0 bridgehead atoms. The summed E-state index contributed by atoms with van der Waals surface area (Å²) < 4.78 is 0. The first-order chi connectivity index (χ1) is 16.0. The average molecular weight is 445 g/mol. The van der Waals surface area contributed by atoms with Gasteiger partial charge in [-0.15, -0.1) is 0 Å². The van der Waals surface area contributed by atoms with Crippen LogP contribution in [0.2, 0.25) is 0 Å². The Hall–Kier alpha value is -3.64. The van der Waals surface area contributed by atoms with Crippen LogP contribution in [0, 0.1) is 0 Å². The van der Waals surface area contributed by atoms with Crippen LogP contribution in [0.5, 0.6) is 0 Å². The van der Waals surface area contributed by atoms with Crippen LogP contribution in [0.15, 0.2) is 84.9 Å². The Morgan fingerprint density at radius 2 is 1.36 bits per heavy atom. The van der Waals surface area contributed by atoms with Crippen molar-refractivity contribution in [2.75, 3.05) is 18.4 Å². The third-order valence-corrected chi connectivity index (χ3v) is 5.15. The quantitative estimate of drug-likeness (QED) is 0.342. The molecule has 4 N–H and O–H groups in total. The molecule has 3 rings (SSSR count). The zero-order valence-corrected chi connectivity index (χ0v) is 19.2. The maximum atomic E-state index is 12.7. The van der Waals surface area contributed by atoms with E-state index in [-0.39, 0.29) is 18.4 Å². The molecule has 0 aliphatic carbocycles. The van der Waals surface area contributed by atoms with Gasteiger partial charge in [-0.2, -0.15) is 0 Å². The van der Waals surface area contributed by atoms with Gasteiger partial charge in [0.25, 0.3) is 0 Å². The van der Waals surface area contributed by atoms with Gasteiger partial charge in [0.1, 0.15) is 0 Å². The Morgan fingerprint density at radius 1 is 0.758 bits per heavy atom. The molecule has 0 aliphatic heterocycles. The van der Waals surface area contributed by atoms with Crippen molar-refractivity contribution in [2.24, 2.45) is 0 Å². The number of benzene rings is 3. The fraction of sp³-hybridized carbons (Fsp3) is 0.259. The molecule has 33 heavy (non-hydrogen) atoms. The highest BCUT2D eigenvalue weighted by molar-refractivity contribution is 5.90. The Labute approximate surface area is 195 Å². The minimum absolute atomic E-state index is 0.109. The lowest BCUT2D eigenvalue weighted by Crippen LogP contribution is -2.38. The Morgan fingerprint density at radius 3 is 2.00 bits per heavy atom. The van der Waals surface area contributed by atoms with Gasteiger partial charge >= 0.3 is 6.03 Å². The normalized spacial score (nSPS) is 11.6. The fourth-order valence-corrected chi connectivity index (χ4v) is 3.46. The van der Waals surface area contributed by atoms with Crippen LogP contribution in [0.1, 0.15) is 31.9 Å². The number of carbonyl (C=O) groups is 2. The van der Waals surface area contributed by atoms with Gasteiger partial charge in [-0.05, 0) is 28.8 Å². The van der Waals surface area contributed by atoms with Crippen molar-refractivity contribution in [1.82, 2.24) is 16.0 Å². The number of hydrogen-bond acceptors (Lipinski definition) is 3. The van der Waals surface area contributed by atoms with E-state index in [0.717, 1.165) is 16.7 Å². The number of hydrogen-bond donors (Lipinski definition) is 4. The van der Waals surface area contributed by atoms with Crippen LogP contribution in [-0.2, 0) is 4.79 Å². The van der Waals surface area contributed by atoms with Crippen LogP contribution < -0.4 is 21.3 Å². The maximum absolute atomic E-state index is 12.7. The molecule has 1 atom stereocenters. The molecule has 0 aliphatic rings. The highest BCUT2D eigenvalue weighted by Crippen LogP contribution is 2.21. The van der Waals surface area contributed by atoms with Crippen molar-refractivity contribution in [3.05, 3.63) is 90.5 Å². The topological polar surface area (TPSA) is 82.3 Å². The molecule has 1 unspecified atom stereocenters. The first-order valence-electron chi connectivity index (χ1n) is 11.3. The van der Waals surface area contributed by atoms with Crippen LogP contribution >= 0.6 is 0 Å². The number of anilines is 1. The van der Waals surface area contributed by atoms with E-state index >= 15 is 0 Å². The molecule has 0 aromatic heterocycles. The smallest absolute Gasteiger partial charge is 0.319 e. The van der Waals surface area contributed by atoms with E-state index in [0.29, 0.717) is 24.8 Å². The van der Waals surface area contributed by atoms with Gasteiger partial charge in [0.15, 0.2) is 0 Å². The molecule has 0 saturated heterocycles. The lowest BCUT2D eigenvalue weighted by molar-refractivity contribution is -0.121. The Kier molecular flexibility index (Phi) is 9.03. The predicted octanol–water partition coefficient (Wildman–Crippen LogP) is 4.72. The second kappa shape index (κ2) is 12.4. The van der Waals surface area contributed by atoms with Crippen molar-refractivity contribution >= 4 is 17.6 Å². The molecule has 6 nitrogen and oxygen atoms in total. The van der Waals surface area contributed by atoms with E-state index in [1.54, 1.807) is 0 Å². The molecular formula is C27H32N4O2. The average Bonchev–Trinajstić information content (AvgIpc) is 2.83. The minimum atomic E-state index is -0.437. The lowest BCUT2D eigenvalue weighted by Gasteiger charge is -2.20. The summed E-state index contributed by atoms with van der Waals surface area (Å²) in [6.07, 6.45) is 0.159. The number of carbonyl (C=O) groups excluding carboxylic acids is 2. The van der Waals surface area contributed by atoms with Gasteiger partial charge in [0, 0.05) is 24.8 Å². The van der Waals surface area contributed by atoms with Gasteiger partial charge in [0.05, 0.1) is 12.5 Å². The van der Waals surface area contributed by atoms with Gasteiger partial charge < -0.3 is 21.3 Å². The van der Waals surface area contributed by atoms with Crippen molar-refractivity contribution in [3.8, 4) is 11.1 Å². The maximum Gasteiger partial charge on any atom is 0.319 e. The van der Waals surface area contributed by atoms with E-state index in [1.165, 1.54) is 0 Å². The van der Waals surface area contributed by atoms with E-state index in [9.17, 15) is 9.59 Å². The third kappa shape index (κ3) is 8.09. The summed E-state index contributed by atoms with van der Waals surface area (Å²) in [4.78, 5) is 25.2. The zero-order chi connectivity index (χ0) is 23.5. The first kappa shape index (κ1) is 24.0. The van der Waals surface area contributed by atoms with E-state index in [4.69, 9.17) is 0 Å². The summed E-state index contributed by atoms with van der Waals surface area (Å²) >= 11 is 0. The number of nitrogens with one attached hydrogen (secondary N) is 4. The molecule has 0 radical (unpaired) electrons. The second-order valence-electron chi connectivity index (χ2n) is 8.17. The predicted molar refractivity (Wildman–Crippen MR) is 134 cm³/mol. The largest absolute Gasteiger partial charge is 0.355 e. The van der Waals surface area contributed by atoms with Crippen LogP contribution in [0.25, 0.3) is 11.1 Å². The zero-order valence-electron chi connectivity index (χ0n) is 19.2. The van der Waals surface area contributed by atoms with E-state index in [1.807, 2.05) is 84.9 Å². The summed E-state index contributed by atoms with van der Waals surface area (Å²) in [6, 6.07) is 26.8. The van der Waals surface area contributed by atoms with Crippen molar-refractivity contribution in [1.29, 1.82) is 0 Å². The van der Waals surface area contributed by atoms with Crippen molar-refractivity contribution in [3.63, 3.8) is 0 Å². The number of amides is 3. The number of urea groups is 1. The molecule has 0 saturated carbocycles. The van der Waals surface area contributed by atoms with Gasteiger partial charge in [-0.25, -0.2) is 4.79 Å². The summed E-state index contributed by atoms with van der Waals surface area (Å²) in [5.41, 5.74) is 3.75. The van der Waals surface area contributed by atoms with Crippen LogP contribution in [0.3, 0.4) is 0 Å². The van der Waals surface area contributed by atoms with Gasteiger partial charge in [-0.3, -0.25) is 4.79 Å². The lowest BCUT2D eigenvalue weighted by atomic mass is 10.0. The third-order valence-electron chi connectivity index (χ3n) is 5.15. The van der Waals surface area contributed by atoms with Gasteiger partial charge in [-0.1, -0.05) is 86.6 Å². The summed E-state index contributed by atoms with van der Waals surface area (Å²) in [5.74, 6) is -0.109. The monoisotopic (exact) mass is 444 g/mol. The fourth-order valence-electron chi connectivity index (χ4n) is 3.46. The minimum Gasteiger partial charge on any atom is -0.355 e. The molecular weight excluding hydrogens is 412 g/mol. The molecule has 0 heterocycles. The molecule has 6 heteroatoms. The molecule has 3 aromatic carbocycles. The highest BCUT2D eigenvalue weighted by Gasteiger charge is 2.18. The number of rotatable bonds is 10. The SMILES string of the molecule is CC(C)NCCNC(=O)CC(NC(=O)Nc1ccc(-c2ccccc2)cc1)c1ccccc1. The summed E-state index contributed by atoms with van der Waals surface area (Å²) in [6.45, 7) is 5.36. The van der Waals surface area contributed by atoms with E-state index in [2.05, 4.69) is 35.1 Å². The first-order valence-corrected chi connectivity index (χ1v) is 11.3. The van der Waals surface area contributed by atoms with E-state index < -0.39 is 6.04 Å². The van der Waals surface area contributed by atoms with Crippen molar-refractivity contribution in [2.45, 2.75) is 32.4 Å². The molecule has 0 fully saturated rings. The van der Waals surface area contributed by atoms with Gasteiger partial charge in [0.2, 0.25) is 5.91 Å². The standard InChI is InChI=1S/C27H32N4O2/c1-20(2)28-17-18-29-26(32)19-25(23-11-7-4-8-12-23)31-27(33)30-24-15-13-22(14-16-24)21-9-5-3-6-10-21/h3-16,20,25,28H,17-19H2,1-2H3,(H,29,32)(H2,30,31,33).